The fraction of sp³-hybridized carbons (Fsp3) is 0.462. The monoisotopic (exact) mass is 536 g/mol. The molecule has 1 aliphatic carbocycles. The van der Waals surface area contributed by atoms with Crippen LogP contribution >= 0.6 is 0 Å². The Kier molecular flexibility index (Phi) is 11.0. The number of aromatic amines is 1. The van der Waals surface area contributed by atoms with Gasteiger partial charge in [-0.15, -0.1) is 0 Å². The van der Waals surface area contributed by atoms with Gasteiger partial charge < -0.3 is 25.9 Å². The molecule has 0 aliphatic heterocycles. The van der Waals surface area contributed by atoms with Crippen LogP contribution in [0, 0.1) is 11.3 Å². The second kappa shape index (κ2) is 13.7. The van der Waals surface area contributed by atoms with Gasteiger partial charge in [-0.25, -0.2) is 4.79 Å². The van der Waals surface area contributed by atoms with Gasteiger partial charge in [0.25, 0.3) is 0 Å². The van der Waals surface area contributed by atoms with Crippen LogP contribution in [0.4, 0.5) is 13.2 Å². The second-order valence-corrected chi connectivity index (χ2v) is 9.03. The van der Waals surface area contributed by atoms with Gasteiger partial charge in [0.05, 0.1) is 18.2 Å². The third kappa shape index (κ3) is 9.00. The Morgan fingerprint density at radius 2 is 1.79 bits per heavy atom. The number of ether oxygens (including phenoxy) is 1. The summed E-state index contributed by atoms with van der Waals surface area (Å²) >= 11 is 0. The van der Waals surface area contributed by atoms with Crippen LogP contribution in [0.1, 0.15) is 43.4 Å². The summed E-state index contributed by atoms with van der Waals surface area (Å²) in [7, 11) is 1.63. The lowest BCUT2D eigenvalue weighted by Gasteiger charge is -2.32. The number of carbonyl (C=O) groups excluding carboxylic acids is 1. The predicted molar refractivity (Wildman–Crippen MR) is 133 cm³/mol. The lowest BCUT2D eigenvalue weighted by molar-refractivity contribution is -0.192. The Morgan fingerprint density at radius 3 is 2.32 bits per heavy atom. The molecule has 1 saturated carbocycles. The average Bonchev–Trinajstić information content (AvgIpc) is 2.88. The third-order valence-electron chi connectivity index (χ3n) is 6.16. The molecular formula is C26H31F3N4O5. The van der Waals surface area contributed by atoms with Gasteiger partial charge in [0.1, 0.15) is 6.04 Å². The van der Waals surface area contributed by atoms with Crippen molar-refractivity contribution in [3.05, 3.63) is 58.0 Å². The summed E-state index contributed by atoms with van der Waals surface area (Å²) in [5, 5.41) is 19.5. The first-order valence-electron chi connectivity index (χ1n) is 12.0. The van der Waals surface area contributed by atoms with E-state index in [2.05, 4.69) is 16.4 Å². The molecule has 1 aromatic carbocycles. The molecule has 1 heterocycles. The topological polar surface area (TPSA) is 158 Å². The van der Waals surface area contributed by atoms with Crippen molar-refractivity contribution in [2.45, 2.75) is 62.7 Å². The third-order valence-corrected chi connectivity index (χ3v) is 6.16. The number of carbonyl (C=O) groups is 2. The number of hydrogen-bond donors (Lipinski definition) is 4. The number of nitrogens with one attached hydrogen (secondary N) is 2. The van der Waals surface area contributed by atoms with Crippen molar-refractivity contribution in [1.29, 1.82) is 5.26 Å². The van der Waals surface area contributed by atoms with Crippen molar-refractivity contribution < 1.29 is 32.6 Å². The number of nitriles is 1. The molecule has 1 aromatic heterocycles. The number of hydrogen-bond acceptors (Lipinski definition) is 6. The zero-order valence-corrected chi connectivity index (χ0v) is 20.9. The number of nitrogens with two attached hydrogens (primary N) is 1. The van der Waals surface area contributed by atoms with Crippen LogP contribution in [0.3, 0.4) is 0 Å². The number of amides is 1. The lowest BCUT2D eigenvalue weighted by atomic mass is 9.81. The summed E-state index contributed by atoms with van der Waals surface area (Å²) < 4.78 is 36.9. The molecular weight excluding hydrogens is 505 g/mol. The first-order chi connectivity index (χ1) is 17.9. The number of pyridine rings is 1. The Bertz CT molecular complexity index is 1180. The highest BCUT2D eigenvalue weighted by Crippen LogP contribution is 2.26. The smallest absolute Gasteiger partial charge is 0.475 e. The average molecular weight is 537 g/mol. The highest BCUT2D eigenvalue weighted by molar-refractivity contribution is 5.86. The fourth-order valence-corrected chi connectivity index (χ4v) is 4.09. The molecule has 0 spiro atoms. The molecule has 1 unspecified atom stereocenters. The Balaban J connectivity index is 0.000000638. The maximum absolute atomic E-state index is 12.6. The standard InChI is InChI=1S/C24H30N4O3.C2HF3O2/c1-31-14-11-21-20(9-10-22(29)28-21)18-7-5-17(6-8-18)15-19(16-25)27-23(30)24(26)12-3-2-4-13-24;3-2(4,5)1(6)7/h5-10,19H,2-4,11-15,26H2,1H3,(H,27,30)(H,28,29);(H,6,7). The van der Waals surface area contributed by atoms with Gasteiger partial charge in [-0.05, 0) is 30.0 Å². The summed E-state index contributed by atoms with van der Waals surface area (Å²) in [6.07, 6.45) is 0.239. The minimum absolute atomic E-state index is 0.144. The molecule has 2 aromatic rings. The molecule has 1 aliphatic rings. The number of carboxylic acid groups (broad SMARTS) is 1. The highest BCUT2D eigenvalue weighted by atomic mass is 19.4. The molecule has 12 heteroatoms. The van der Waals surface area contributed by atoms with E-state index in [1.54, 1.807) is 7.11 Å². The number of rotatable bonds is 8. The van der Waals surface area contributed by atoms with Crippen molar-refractivity contribution in [2.24, 2.45) is 5.73 Å². The van der Waals surface area contributed by atoms with Crippen LogP contribution in [0.5, 0.6) is 0 Å². The van der Waals surface area contributed by atoms with Crippen molar-refractivity contribution in [2.75, 3.05) is 13.7 Å². The van der Waals surface area contributed by atoms with Crippen molar-refractivity contribution in [3.63, 3.8) is 0 Å². The zero-order valence-electron chi connectivity index (χ0n) is 20.9. The molecule has 9 nitrogen and oxygen atoms in total. The summed E-state index contributed by atoms with van der Waals surface area (Å²) in [4.78, 5) is 36.1. The predicted octanol–water partition coefficient (Wildman–Crippen LogP) is 3.08. The normalized spacial score (nSPS) is 15.4. The van der Waals surface area contributed by atoms with Gasteiger partial charge in [0.2, 0.25) is 11.5 Å². The molecule has 0 bridgehead atoms. The van der Waals surface area contributed by atoms with E-state index in [9.17, 15) is 28.0 Å². The Hall–Kier alpha value is -3.69. The van der Waals surface area contributed by atoms with Crippen LogP contribution in [0.2, 0.25) is 0 Å². The number of alkyl halides is 3. The van der Waals surface area contributed by atoms with Gasteiger partial charge in [-0.3, -0.25) is 9.59 Å². The molecule has 206 valence electrons. The minimum atomic E-state index is -5.08. The van der Waals surface area contributed by atoms with E-state index >= 15 is 0 Å². The van der Waals surface area contributed by atoms with Crippen LogP contribution in [0.15, 0.2) is 41.2 Å². The Morgan fingerprint density at radius 1 is 1.18 bits per heavy atom. The maximum Gasteiger partial charge on any atom is 0.490 e. The van der Waals surface area contributed by atoms with Gasteiger partial charge in [0, 0.05) is 37.3 Å². The van der Waals surface area contributed by atoms with E-state index in [0.717, 1.165) is 41.6 Å². The Labute approximate surface area is 217 Å². The molecule has 3 rings (SSSR count). The fourth-order valence-electron chi connectivity index (χ4n) is 4.09. The molecule has 5 N–H and O–H groups in total. The van der Waals surface area contributed by atoms with E-state index in [4.69, 9.17) is 20.4 Å². The summed E-state index contributed by atoms with van der Waals surface area (Å²) in [6.45, 7) is 0.511. The number of H-pyrrole nitrogens is 1. The first kappa shape index (κ1) is 30.5. The summed E-state index contributed by atoms with van der Waals surface area (Å²) in [6, 6.07) is 12.7. The largest absolute Gasteiger partial charge is 0.490 e. The van der Waals surface area contributed by atoms with Gasteiger partial charge in [0.15, 0.2) is 0 Å². The van der Waals surface area contributed by atoms with Crippen LogP contribution in [0.25, 0.3) is 11.1 Å². The number of methoxy groups -OCH3 is 1. The number of aliphatic carboxylic acids is 1. The van der Waals surface area contributed by atoms with Gasteiger partial charge in [-0.1, -0.05) is 43.5 Å². The quantitative estimate of drug-likeness (QED) is 0.404. The summed E-state index contributed by atoms with van der Waals surface area (Å²) in [5.74, 6) is -2.99. The highest BCUT2D eigenvalue weighted by Gasteiger charge is 2.38. The molecule has 1 amide bonds. The van der Waals surface area contributed by atoms with Gasteiger partial charge in [-0.2, -0.15) is 18.4 Å². The summed E-state index contributed by atoms with van der Waals surface area (Å²) in [5.41, 5.74) is 8.95. The zero-order chi connectivity index (χ0) is 28.3. The molecule has 1 atom stereocenters. The van der Waals surface area contributed by atoms with E-state index < -0.39 is 23.7 Å². The van der Waals surface area contributed by atoms with Crippen molar-refractivity contribution >= 4 is 11.9 Å². The second-order valence-electron chi connectivity index (χ2n) is 9.03. The van der Waals surface area contributed by atoms with Crippen LogP contribution in [-0.2, 0) is 27.2 Å². The molecule has 38 heavy (non-hydrogen) atoms. The van der Waals surface area contributed by atoms with E-state index in [0.29, 0.717) is 32.3 Å². The van der Waals surface area contributed by atoms with E-state index in [1.807, 2.05) is 30.3 Å². The maximum atomic E-state index is 12.6. The van der Waals surface area contributed by atoms with Crippen molar-refractivity contribution in [3.8, 4) is 17.2 Å². The van der Waals surface area contributed by atoms with Crippen LogP contribution < -0.4 is 16.6 Å². The van der Waals surface area contributed by atoms with E-state index in [-0.39, 0.29) is 11.5 Å². The number of benzene rings is 1. The number of aromatic nitrogens is 1. The van der Waals surface area contributed by atoms with Gasteiger partial charge >= 0.3 is 12.1 Å². The number of halogens is 3. The SMILES string of the molecule is COCCc1[nH]c(=O)ccc1-c1ccc(CC(C#N)NC(=O)C2(N)CCCCC2)cc1.O=C(O)C(F)(F)F. The lowest BCUT2D eigenvalue weighted by Crippen LogP contribution is -2.57. The number of nitrogens with zero attached hydrogens (tertiary/aromatic N) is 1. The molecule has 1 fully saturated rings. The van der Waals surface area contributed by atoms with Crippen molar-refractivity contribution in [1.82, 2.24) is 10.3 Å². The number of carboxylic acids is 1. The first-order valence-corrected chi connectivity index (χ1v) is 12.0. The minimum Gasteiger partial charge on any atom is -0.475 e. The van der Waals surface area contributed by atoms with E-state index in [1.165, 1.54) is 6.07 Å². The van der Waals surface area contributed by atoms with Crippen LogP contribution in [-0.4, -0.2) is 53.4 Å². The molecule has 0 radical (unpaired) electrons. The molecule has 0 saturated heterocycles.